The predicted molar refractivity (Wildman–Crippen MR) is 68.5 cm³/mol. The Labute approximate surface area is 101 Å². The highest BCUT2D eigenvalue weighted by Gasteiger charge is 2.05. The van der Waals surface area contributed by atoms with Crippen LogP contribution in [0.15, 0.2) is 29.4 Å². The lowest BCUT2D eigenvalue weighted by atomic mass is 10.3. The molecule has 5 heteroatoms. The van der Waals surface area contributed by atoms with Gasteiger partial charge >= 0.3 is 6.03 Å². The average Bonchev–Trinajstić information content (AvgIpc) is 2.29. The standard InChI is InChI=1S/C12H17N3O2/c1-4-17-11-8-6-5-7-10(11)13-12(16)15-14-9(2)3/h5-8H,4H2,1-3H3,(H2,13,15,16). The van der Waals surface area contributed by atoms with Gasteiger partial charge in [0.15, 0.2) is 0 Å². The number of nitrogens with zero attached hydrogens (tertiary/aromatic N) is 1. The lowest BCUT2D eigenvalue weighted by Crippen LogP contribution is -2.25. The zero-order chi connectivity index (χ0) is 12.7. The van der Waals surface area contributed by atoms with E-state index in [0.29, 0.717) is 18.0 Å². The Morgan fingerprint density at radius 2 is 2.06 bits per heavy atom. The summed E-state index contributed by atoms with van der Waals surface area (Å²) < 4.78 is 5.39. The number of rotatable bonds is 4. The van der Waals surface area contributed by atoms with E-state index in [2.05, 4.69) is 15.8 Å². The van der Waals surface area contributed by atoms with Gasteiger partial charge in [-0.25, -0.2) is 10.2 Å². The van der Waals surface area contributed by atoms with Crippen molar-refractivity contribution in [3.8, 4) is 5.75 Å². The van der Waals surface area contributed by atoms with Crippen LogP contribution in [0.1, 0.15) is 20.8 Å². The van der Waals surface area contributed by atoms with Gasteiger partial charge in [0.1, 0.15) is 5.75 Å². The largest absolute Gasteiger partial charge is 0.492 e. The van der Waals surface area contributed by atoms with Crippen LogP contribution in [0.25, 0.3) is 0 Å². The number of carbonyl (C=O) groups excluding carboxylic acids is 1. The molecule has 0 unspecified atom stereocenters. The molecule has 0 saturated heterocycles. The van der Waals surface area contributed by atoms with Crippen LogP contribution in [-0.4, -0.2) is 18.3 Å². The Morgan fingerprint density at radius 1 is 1.35 bits per heavy atom. The Balaban J connectivity index is 2.67. The molecule has 1 aromatic carbocycles. The van der Waals surface area contributed by atoms with Crippen molar-refractivity contribution in [1.29, 1.82) is 0 Å². The van der Waals surface area contributed by atoms with Crippen molar-refractivity contribution in [2.75, 3.05) is 11.9 Å². The van der Waals surface area contributed by atoms with Crippen LogP contribution >= 0.6 is 0 Å². The van der Waals surface area contributed by atoms with Crippen molar-refractivity contribution in [2.45, 2.75) is 20.8 Å². The fraction of sp³-hybridized carbons (Fsp3) is 0.333. The van der Waals surface area contributed by atoms with E-state index in [1.807, 2.05) is 19.1 Å². The Hall–Kier alpha value is -2.04. The molecule has 0 heterocycles. The number of benzene rings is 1. The summed E-state index contributed by atoms with van der Waals surface area (Å²) in [5, 5.41) is 6.48. The van der Waals surface area contributed by atoms with Crippen molar-refractivity contribution < 1.29 is 9.53 Å². The molecule has 0 aliphatic rings. The molecule has 1 aromatic rings. The molecular weight excluding hydrogens is 218 g/mol. The summed E-state index contributed by atoms with van der Waals surface area (Å²) in [5.41, 5.74) is 3.78. The maximum atomic E-state index is 11.5. The SMILES string of the molecule is CCOc1ccccc1NC(=O)NN=C(C)C. The topological polar surface area (TPSA) is 62.7 Å². The zero-order valence-corrected chi connectivity index (χ0v) is 10.3. The normalized spacial score (nSPS) is 9.35. The average molecular weight is 235 g/mol. The summed E-state index contributed by atoms with van der Waals surface area (Å²) in [7, 11) is 0. The summed E-state index contributed by atoms with van der Waals surface area (Å²) in [6.07, 6.45) is 0. The quantitative estimate of drug-likeness (QED) is 0.622. The van der Waals surface area contributed by atoms with Crippen LogP contribution in [0.4, 0.5) is 10.5 Å². The maximum absolute atomic E-state index is 11.5. The van der Waals surface area contributed by atoms with Crippen molar-refractivity contribution in [3.05, 3.63) is 24.3 Å². The number of anilines is 1. The first kappa shape index (κ1) is 13.0. The van der Waals surface area contributed by atoms with Crippen molar-refractivity contribution in [2.24, 2.45) is 5.10 Å². The Morgan fingerprint density at radius 3 is 2.71 bits per heavy atom. The first-order chi connectivity index (χ1) is 8.13. The number of hydrogen-bond donors (Lipinski definition) is 2. The van der Waals surface area contributed by atoms with Gasteiger partial charge in [0.25, 0.3) is 0 Å². The minimum absolute atomic E-state index is 0.390. The third kappa shape index (κ3) is 4.55. The van der Waals surface area contributed by atoms with Crippen LogP contribution in [0.5, 0.6) is 5.75 Å². The summed E-state index contributed by atoms with van der Waals surface area (Å²) in [6, 6.07) is 6.86. The van der Waals surface area contributed by atoms with E-state index in [1.165, 1.54) is 0 Å². The first-order valence-electron chi connectivity index (χ1n) is 5.43. The predicted octanol–water partition coefficient (Wildman–Crippen LogP) is 2.60. The van der Waals surface area contributed by atoms with E-state index in [0.717, 1.165) is 5.71 Å². The highest BCUT2D eigenvalue weighted by molar-refractivity contribution is 5.91. The fourth-order valence-corrected chi connectivity index (χ4v) is 1.16. The molecule has 0 fully saturated rings. The molecule has 17 heavy (non-hydrogen) atoms. The van der Waals surface area contributed by atoms with E-state index >= 15 is 0 Å². The lowest BCUT2D eigenvalue weighted by Gasteiger charge is -2.10. The molecule has 0 radical (unpaired) electrons. The molecule has 5 nitrogen and oxygen atoms in total. The van der Waals surface area contributed by atoms with Crippen LogP contribution in [-0.2, 0) is 0 Å². The Bertz CT molecular complexity index is 412. The number of carbonyl (C=O) groups is 1. The van der Waals surface area contributed by atoms with Gasteiger partial charge in [-0.1, -0.05) is 12.1 Å². The number of hydrazone groups is 1. The fourth-order valence-electron chi connectivity index (χ4n) is 1.16. The Kier molecular flexibility index (Phi) is 5.00. The second-order valence-corrected chi connectivity index (χ2v) is 3.55. The van der Waals surface area contributed by atoms with E-state index in [4.69, 9.17) is 4.74 Å². The summed E-state index contributed by atoms with van der Waals surface area (Å²) in [6.45, 7) is 6.04. The number of urea groups is 1. The molecule has 1 rings (SSSR count). The van der Waals surface area contributed by atoms with E-state index in [9.17, 15) is 4.79 Å². The molecule has 0 saturated carbocycles. The molecule has 0 bridgehead atoms. The van der Waals surface area contributed by atoms with Gasteiger partial charge in [0, 0.05) is 5.71 Å². The number of hydrogen-bond acceptors (Lipinski definition) is 3. The highest BCUT2D eigenvalue weighted by atomic mass is 16.5. The molecule has 2 amide bonds. The van der Waals surface area contributed by atoms with E-state index in [1.54, 1.807) is 26.0 Å². The second kappa shape index (κ2) is 6.52. The number of para-hydroxylation sites is 2. The van der Waals surface area contributed by atoms with Gasteiger partial charge in [-0.3, -0.25) is 0 Å². The maximum Gasteiger partial charge on any atom is 0.339 e. The minimum atomic E-state index is -0.390. The molecular formula is C12H17N3O2. The smallest absolute Gasteiger partial charge is 0.339 e. The van der Waals surface area contributed by atoms with Gasteiger partial charge in [-0.15, -0.1) is 0 Å². The van der Waals surface area contributed by atoms with E-state index in [-0.39, 0.29) is 0 Å². The summed E-state index contributed by atoms with van der Waals surface area (Å²) in [4.78, 5) is 11.5. The van der Waals surface area contributed by atoms with Gasteiger partial charge in [-0.2, -0.15) is 5.10 Å². The third-order valence-corrected chi connectivity index (χ3v) is 1.82. The third-order valence-electron chi connectivity index (χ3n) is 1.82. The van der Waals surface area contributed by atoms with Gasteiger partial charge in [-0.05, 0) is 32.9 Å². The van der Waals surface area contributed by atoms with Crippen molar-refractivity contribution in [1.82, 2.24) is 5.43 Å². The number of ether oxygens (including phenoxy) is 1. The molecule has 0 aliphatic carbocycles. The van der Waals surface area contributed by atoms with Crippen molar-refractivity contribution >= 4 is 17.4 Å². The van der Waals surface area contributed by atoms with E-state index < -0.39 is 6.03 Å². The summed E-state index contributed by atoms with van der Waals surface area (Å²) >= 11 is 0. The van der Waals surface area contributed by atoms with Gasteiger partial charge < -0.3 is 10.1 Å². The summed E-state index contributed by atoms with van der Waals surface area (Å²) in [5.74, 6) is 0.641. The molecule has 0 aromatic heterocycles. The second-order valence-electron chi connectivity index (χ2n) is 3.55. The van der Waals surface area contributed by atoms with Crippen molar-refractivity contribution in [3.63, 3.8) is 0 Å². The molecule has 0 atom stereocenters. The van der Waals surface area contributed by atoms with Crippen LogP contribution in [0.3, 0.4) is 0 Å². The highest BCUT2D eigenvalue weighted by Crippen LogP contribution is 2.23. The van der Waals surface area contributed by atoms with Gasteiger partial charge in [0.05, 0.1) is 12.3 Å². The van der Waals surface area contributed by atoms with Crippen LogP contribution in [0, 0.1) is 0 Å². The zero-order valence-electron chi connectivity index (χ0n) is 10.3. The molecule has 0 aliphatic heterocycles. The minimum Gasteiger partial charge on any atom is -0.492 e. The monoisotopic (exact) mass is 235 g/mol. The van der Waals surface area contributed by atoms with Crippen LogP contribution in [0.2, 0.25) is 0 Å². The molecule has 0 spiro atoms. The number of amides is 2. The first-order valence-corrected chi connectivity index (χ1v) is 5.43. The number of nitrogens with one attached hydrogen (secondary N) is 2. The van der Waals surface area contributed by atoms with Gasteiger partial charge in [0.2, 0.25) is 0 Å². The lowest BCUT2D eigenvalue weighted by molar-refractivity contribution is 0.252. The molecule has 2 N–H and O–H groups in total. The molecule has 92 valence electrons. The van der Waals surface area contributed by atoms with Crippen LogP contribution < -0.4 is 15.5 Å².